The summed E-state index contributed by atoms with van der Waals surface area (Å²) in [6.45, 7) is 3.99. The van der Waals surface area contributed by atoms with E-state index in [2.05, 4.69) is 10.3 Å². The van der Waals surface area contributed by atoms with Crippen molar-refractivity contribution >= 4 is 5.97 Å². The van der Waals surface area contributed by atoms with Gasteiger partial charge in [0.05, 0.1) is 24.0 Å². The Balaban J connectivity index is 2.50. The monoisotopic (exact) mass is 231 g/mol. The number of aliphatic carboxylic acids is 1. The van der Waals surface area contributed by atoms with Crippen LogP contribution in [0.15, 0.2) is 24.4 Å². The number of rotatable bonds is 3. The van der Waals surface area contributed by atoms with Crippen LogP contribution >= 0.6 is 0 Å². The lowest BCUT2D eigenvalue weighted by Crippen LogP contribution is -2.09. The molecule has 17 heavy (non-hydrogen) atoms. The van der Waals surface area contributed by atoms with Gasteiger partial charge in [-0.05, 0) is 31.0 Å². The number of hydrogen-bond donors (Lipinski definition) is 1. The van der Waals surface area contributed by atoms with Crippen molar-refractivity contribution in [1.29, 1.82) is 0 Å². The van der Waals surface area contributed by atoms with Crippen LogP contribution < -0.4 is 0 Å². The SMILES string of the molecule is Cc1cccc(-n2nncc2CC(=O)O)c1C. The molecule has 1 N–H and O–H groups in total. The van der Waals surface area contributed by atoms with E-state index in [1.807, 2.05) is 32.0 Å². The molecule has 1 aromatic heterocycles. The fraction of sp³-hybridized carbons (Fsp3) is 0.250. The van der Waals surface area contributed by atoms with Crippen molar-refractivity contribution in [3.63, 3.8) is 0 Å². The normalized spacial score (nSPS) is 10.5. The largest absolute Gasteiger partial charge is 0.481 e. The summed E-state index contributed by atoms with van der Waals surface area (Å²) in [6.07, 6.45) is 1.40. The summed E-state index contributed by atoms with van der Waals surface area (Å²) < 4.78 is 1.58. The van der Waals surface area contributed by atoms with Gasteiger partial charge in [0.2, 0.25) is 0 Å². The molecular weight excluding hydrogens is 218 g/mol. The second-order valence-electron chi connectivity index (χ2n) is 3.93. The Morgan fingerprint density at radius 1 is 1.41 bits per heavy atom. The molecule has 1 aromatic carbocycles. The van der Waals surface area contributed by atoms with Crippen molar-refractivity contribution in [1.82, 2.24) is 15.0 Å². The van der Waals surface area contributed by atoms with E-state index in [0.717, 1.165) is 16.8 Å². The van der Waals surface area contributed by atoms with Gasteiger partial charge in [0.15, 0.2) is 0 Å². The number of carboxylic acid groups (broad SMARTS) is 1. The summed E-state index contributed by atoms with van der Waals surface area (Å²) in [5.74, 6) is -0.890. The Hall–Kier alpha value is -2.17. The van der Waals surface area contributed by atoms with E-state index < -0.39 is 5.97 Å². The summed E-state index contributed by atoms with van der Waals surface area (Å²) in [7, 11) is 0. The summed E-state index contributed by atoms with van der Waals surface area (Å²) >= 11 is 0. The molecular formula is C12H13N3O2. The van der Waals surface area contributed by atoms with E-state index >= 15 is 0 Å². The summed E-state index contributed by atoms with van der Waals surface area (Å²) in [5, 5.41) is 16.5. The van der Waals surface area contributed by atoms with Crippen LogP contribution in [0.5, 0.6) is 0 Å². The number of aryl methyl sites for hydroxylation is 1. The molecule has 0 saturated carbocycles. The zero-order valence-corrected chi connectivity index (χ0v) is 9.71. The average Bonchev–Trinajstić information content (AvgIpc) is 2.69. The van der Waals surface area contributed by atoms with Crippen LogP contribution in [0.2, 0.25) is 0 Å². The molecule has 2 rings (SSSR count). The van der Waals surface area contributed by atoms with E-state index in [4.69, 9.17) is 5.11 Å². The summed E-state index contributed by atoms with van der Waals surface area (Å²) in [5.41, 5.74) is 3.66. The maximum Gasteiger partial charge on any atom is 0.309 e. The van der Waals surface area contributed by atoms with Crippen molar-refractivity contribution in [2.24, 2.45) is 0 Å². The van der Waals surface area contributed by atoms with Crippen molar-refractivity contribution in [3.05, 3.63) is 41.2 Å². The van der Waals surface area contributed by atoms with Gasteiger partial charge in [-0.1, -0.05) is 17.3 Å². The lowest BCUT2D eigenvalue weighted by Gasteiger charge is -2.09. The van der Waals surface area contributed by atoms with Gasteiger partial charge in [-0.15, -0.1) is 5.10 Å². The highest BCUT2D eigenvalue weighted by atomic mass is 16.4. The number of benzene rings is 1. The molecule has 0 bridgehead atoms. The third-order valence-corrected chi connectivity index (χ3v) is 2.76. The molecule has 0 saturated heterocycles. The molecule has 1 heterocycles. The van der Waals surface area contributed by atoms with E-state index in [1.165, 1.54) is 6.20 Å². The predicted octanol–water partition coefficient (Wildman–Crippen LogP) is 1.51. The van der Waals surface area contributed by atoms with E-state index in [-0.39, 0.29) is 6.42 Å². The van der Waals surface area contributed by atoms with Gasteiger partial charge in [-0.3, -0.25) is 4.79 Å². The van der Waals surface area contributed by atoms with E-state index in [1.54, 1.807) is 4.68 Å². The first kappa shape index (κ1) is 11.3. The number of nitrogens with zero attached hydrogens (tertiary/aromatic N) is 3. The molecule has 0 aliphatic rings. The van der Waals surface area contributed by atoms with Gasteiger partial charge in [0.1, 0.15) is 0 Å². The second kappa shape index (κ2) is 4.37. The van der Waals surface area contributed by atoms with Crippen molar-refractivity contribution < 1.29 is 9.90 Å². The molecule has 0 radical (unpaired) electrons. The highest BCUT2D eigenvalue weighted by molar-refractivity contribution is 5.69. The molecule has 5 heteroatoms. The van der Waals surface area contributed by atoms with Crippen LogP contribution in [0.1, 0.15) is 16.8 Å². The molecule has 0 atom stereocenters. The Morgan fingerprint density at radius 2 is 2.18 bits per heavy atom. The zero-order chi connectivity index (χ0) is 12.4. The number of aromatic nitrogens is 3. The van der Waals surface area contributed by atoms with Crippen LogP contribution in [0.4, 0.5) is 0 Å². The smallest absolute Gasteiger partial charge is 0.309 e. The molecule has 0 unspecified atom stereocenters. The van der Waals surface area contributed by atoms with Gasteiger partial charge in [0.25, 0.3) is 0 Å². The van der Waals surface area contributed by atoms with Crippen molar-refractivity contribution in [2.45, 2.75) is 20.3 Å². The minimum absolute atomic E-state index is 0.0830. The van der Waals surface area contributed by atoms with Gasteiger partial charge in [-0.2, -0.15) is 0 Å². The topological polar surface area (TPSA) is 68.0 Å². The van der Waals surface area contributed by atoms with Crippen molar-refractivity contribution in [3.8, 4) is 5.69 Å². The molecule has 0 amide bonds. The average molecular weight is 231 g/mol. The van der Waals surface area contributed by atoms with Crippen LogP contribution in [0.25, 0.3) is 5.69 Å². The molecule has 0 aliphatic carbocycles. The predicted molar refractivity (Wildman–Crippen MR) is 62.2 cm³/mol. The lowest BCUT2D eigenvalue weighted by atomic mass is 10.1. The Labute approximate surface area is 98.7 Å². The third-order valence-electron chi connectivity index (χ3n) is 2.76. The van der Waals surface area contributed by atoms with Crippen LogP contribution in [-0.2, 0) is 11.2 Å². The van der Waals surface area contributed by atoms with Crippen LogP contribution in [0.3, 0.4) is 0 Å². The Bertz CT molecular complexity index is 561. The maximum absolute atomic E-state index is 10.7. The van der Waals surface area contributed by atoms with Crippen molar-refractivity contribution in [2.75, 3.05) is 0 Å². The van der Waals surface area contributed by atoms with Gasteiger partial charge >= 0.3 is 5.97 Å². The van der Waals surface area contributed by atoms with Gasteiger partial charge < -0.3 is 5.11 Å². The van der Waals surface area contributed by atoms with Gasteiger partial charge in [0, 0.05) is 0 Å². The lowest BCUT2D eigenvalue weighted by molar-refractivity contribution is -0.136. The minimum Gasteiger partial charge on any atom is -0.481 e. The zero-order valence-electron chi connectivity index (χ0n) is 9.71. The molecule has 2 aromatic rings. The van der Waals surface area contributed by atoms with Crippen LogP contribution in [-0.4, -0.2) is 26.1 Å². The number of carbonyl (C=O) groups is 1. The van der Waals surface area contributed by atoms with Crippen LogP contribution in [0, 0.1) is 13.8 Å². The fourth-order valence-corrected chi connectivity index (χ4v) is 1.70. The summed E-state index contributed by atoms with van der Waals surface area (Å²) in [6, 6.07) is 5.83. The Morgan fingerprint density at radius 3 is 2.88 bits per heavy atom. The quantitative estimate of drug-likeness (QED) is 0.869. The molecule has 88 valence electrons. The fourth-order valence-electron chi connectivity index (χ4n) is 1.70. The number of carboxylic acids is 1. The second-order valence-corrected chi connectivity index (χ2v) is 3.93. The number of hydrogen-bond acceptors (Lipinski definition) is 3. The highest BCUT2D eigenvalue weighted by Gasteiger charge is 2.12. The summed E-state index contributed by atoms with van der Waals surface area (Å²) in [4.78, 5) is 10.7. The first-order valence-electron chi connectivity index (χ1n) is 5.27. The molecule has 0 aliphatic heterocycles. The first-order valence-corrected chi connectivity index (χ1v) is 5.27. The standard InChI is InChI=1S/C12H13N3O2/c1-8-4-3-5-11(9(8)2)15-10(6-12(16)17)7-13-14-15/h3-5,7H,6H2,1-2H3,(H,16,17). The molecule has 0 fully saturated rings. The maximum atomic E-state index is 10.7. The van der Waals surface area contributed by atoms with E-state index in [0.29, 0.717) is 5.69 Å². The van der Waals surface area contributed by atoms with E-state index in [9.17, 15) is 4.79 Å². The minimum atomic E-state index is -0.890. The van der Waals surface area contributed by atoms with Gasteiger partial charge in [-0.25, -0.2) is 4.68 Å². The molecule has 5 nitrogen and oxygen atoms in total. The molecule has 0 spiro atoms. The third kappa shape index (κ3) is 2.18. The Kier molecular flexibility index (Phi) is 2.91. The highest BCUT2D eigenvalue weighted by Crippen LogP contribution is 2.18. The first-order chi connectivity index (χ1) is 8.09.